The van der Waals surface area contributed by atoms with Crippen molar-refractivity contribution in [3.63, 3.8) is 0 Å². The third-order valence-corrected chi connectivity index (χ3v) is 6.33. The predicted molar refractivity (Wildman–Crippen MR) is 88.2 cm³/mol. The summed E-state index contributed by atoms with van der Waals surface area (Å²) in [6.45, 7) is 1.68. The summed E-state index contributed by atoms with van der Waals surface area (Å²) in [4.78, 5) is 50.4. The Labute approximate surface area is 147 Å². The second-order valence-electron chi connectivity index (χ2n) is 8.38. The van der Waals surface area contributed by atoms with Crippen LogP contribution in [-0.4, -0.2) is 52.2 Å². The topological polar surface area (TPSA) is 86.8 Å². The summed E-state index contributed by atoms with van der Waals surface area (Å²) >= 11 is 0. The van der Waals surface area contributed by atoms with Crippen LogP contribution < -0.4 is 5.32 Å². The van der Waals surface area contributed by atoms with Crippen LogP contribution in [0, 0.1) is 17.8 Å². The molecule has 136 valence electrons. The number of hydrogen-bond donors (Lipinski definition) is 1. The van der Waals surface area contributed by atoms with Crippen LogP contribution in [0.5, 0.6) is 0 Å². The van der Waals surface area contributed by atoms with Crippen molar-refractivity contribution in [2.45, 2.75) is 57.4 Å². The van der Waals surface area contributed by atoms with E-state index in [1.54, 1.807) is 0 Å². The average molecular weight is 347 g/mol. The van der Waals surface area contributed by atoms with Crippen molar-refractivity contribution >= 4 is 23.8 Å². The smallest absolute Gasteiger partial charge is 0.334 e. The van der Waals surface area contributed by atoms with Gasteiger partial charge >= 0.3 is 17.8 Å². The van der Waals surface area contributed by atoms with Gasteiger partial charge in [0.25, 0.3) is 0 Å². The van der Waals surface area contributed by atoms with Crippen LogP contribution in [0.3, 0.4) is 0 Å². The maximum absolute atomic E-state index is 12.6. The second kappa shape index (κ2) is 5.81. The molecule has 0 aromatic rings. The van der Waals surface area contributed by atoms with E-state index in [0.717, 1.165) is 29.1 Å². The van der Waals surface area contributed by atoms with E-state index in [1.807, 2.05) is 6.92 Å². The largest absolute Gasteiger partial charge is 0.349 e. The predicted octanol–water partition coefficient (Wildman–Crippen LogP) is 1.27. The van der Waals surface area contributed by atoms with E-state index < -0.39 is 17.8 Å². The Kier molecular flexibility index (Phi) is 3.85. The lowest BCUT2D eigenvalue weighted by Crippen LogP contribution is -2.61. The molecule has 0 aromatic heterocycles. The molecule has 4 saturated carbocycles. The highest BCUT2D eigenvalue weighted by Gasteiger charge is 2.52. The lowest BCUT2D eigenvalue weighted by atomic mass is 9.53. The lowest BCUT2D eigenvalue weighted by Gasteiger charge is -2.56. The molecule has 0 unspecified atom stereocenters. The molecule has 4 aliphatic carbocycles. The second-order valence-corrected chi connectivity index (χ2v) is 8.38. The Hall–Kier alpha value is -1.92. The Balaban J connectivity index is 1.42. The lowest BCUT2D eigenvalue weighted by molar-refractivity contribution is -0.144. The van der Waals surface area contributed by atoms with E-state index in [0.29, 0.717) is 24.2 Å². The monoisotopic (exact) mass is 347 g/mol. The molecular formula is C18H25N3O4. The van der Waals surface area contributed by atoms with Crippen LogP contribution in [0.25, 0.3) is 0 Å². The number of nitrogens with zero attached hydrogens (tertiary/aromatic N) is 2. The number of amides is 5. The number of urea groups is 1. The van der Waals surface area contributed by atoms with Gasteiger partial charge in [-0.3, -0.25) is 19.3 Å². The van der Waals surface area contributed by atoms with Crippen molar-refractivity contribution in [2.24, 2.45) is 17.8 Å². The molecule has 7 nitrogen and oxygen atoms in total. The molecule has 5 rings (SSSR count). The molecule has 7 heteroatoms. The summed E-state index contributed by atoms with van der Waals surface area (Å²) < 4.78 is 0. The zero-order chi connectivity index (χ0) is 17.8. The SMILES string of the molecule is CCCN1C(=O)C(=O)N(CC(=O)NC23CC4CC(CC(C4)C2)C3)C1=O. The maximum atomic E-state index is 12.6. The third-order valence-electron chi connectivity index (χ3n) is 6.33. The molecule has 25 heavy (non-hydrogen) atoms. The Bertz CT molecular complexity index is 609. The van der Waals surface area contributed by atoms with Crippen molar-refractivity contribution in [1.82, 2.24) is 15.1 Å². The molecule has 1 heterocycles. The van der Waals surface area contributed by atoms with Crippen LogP contribution in [0.15, 0.2) is 0 Å². The van der Waals surface area contributed by atoms with Gasteiger partial charge in [0.05, 0.1) is 0 Å². The fourth-order valence-corrected chi connectivity index (χ4v) is 5.85. The van der Waals surface area contributed by atoms with Gasteiger partial charge in [-0.2, -0.15) is 0 Å². The first-order valence-electron chi connectivity index (χ1n) is 9.39. The minimum absolute atomic E-state index is 0.162. The van der Waals surface area contributed by atoms with Crippen LogP contribution in [-0.2, 0) is 14.4 Å². The minimum atomic E-state index is -0.890. The van der Waals surface area contributed by atoms with Gasteiger partial charge in [-0.25, -0.2) is 9.69 Å². The van der Waals surface area contributed by atoms with Gasteiger partial charge in [0.1, 0.15) is 6.54 Å². The molecule has 1 saturated heterocycles. The third kappa shape index (κ3) is 2.73. The molecule has 1 N–H and O–H groups in total. The number of carbonyl (C=O) groups is 4. The summed E-state index contributed by atoms with van der Waals surface area (Å²) in [5, 5.41) is 3.14. The summed E-state index contributed by atoms with van der Waals surface area (Å²) in [7, 11) is 0. The first kappa shape index (κ1) is 16.5. The van der Waals surface area contributed by atoms with Gasteiger partial charge in [0.15, 0.2) is 0 Å². The summed E-state index contributed by atoms with van der Waals surface area (Å²) in [6, 6.07) is -0.669. The van der Waals surface area contributed by atoms with E-state index in [-0.39, 0.29) is 24.5 Å². The number of carbonyl (C=O) groups excluding carboxylic acids is 4. The fourth-order valence-electron chi connectivity index (χ4n) is 5.85. The zero-order valence-corrected chi connectivity index (χ0v) is 14.6. The first-order chi connectivity index (χ1) is 11.9. The van der Waals surface area contributed by atoms with Crippen molar-refractivity contribution in [1.29, 1.82) is 0 Å². The number of nitrogens with one attached hydrogen (secondary N) is 1. The Morgan fingerprint density at radius 2 is 1.52 bits per heavy atom. The van der Waals surface area contributed by atoms with Gasteiger partial charge in [-0.05, 0) is 62.7 Å². The van der Waals surface area contributed by atoms with Crippen LogP contribution in [0.1, 0.15) is 51.9 Å². The molecule has 5 amide bonds. The van der Waals surface area contributed by atoms with Gasteiger partial charge in [-0.15, -0.1) is 0 Å². The minimum Gasteiger partial charge on any atom is -0.349 e. The molecule has 1 aliphatic heterocycles. The average Bonchev–Trinajstić information content (AvgIpc) is 2.71. The number of hydrogen-bond acceptors (Lipinski definition) is 4. The van der Waals surface area contributed by atoms with E-state index >= 15 is 0 Å². The number of rotatable bonds is 5. The molecular weight excluding hydrogens is 322 g/mol. The van der Waals surface area contributed by atoms with E-state index in [1.165, 1.54) is 19.3 Å². The maximum Gasteiger partial charge on any atom is 0.334 e. The standard InChI is InChI=1S/C18H25N3O4/c1-2-3-20-15(23)16(24)21(17(20)25)10-14(22)19-18-7-11-4-12(8-18)6-13(5-11)9-18/h11-13H,2-10H2,1H3,(H,19,22). The summed E-state index contributed by atoms with van der Waals surface area (Å²) in [5.74, 6) is 0.0537. The van der Waals surface area contributed by atoms with E-state index in [2.05, 4.69) is 5.32 Å². The van der Waals surface area contributed by atoms with Crippen LogP contribution in [0.4, 0.5) is 4.79 Å². The summed E-state index contributed by atoms with van der Waals surface area (Å²) in [5.41, 5.74) is -0.162. The van der Waals surface area contributed by atoms with E-state index in [4.69, 9.17) is 0 Å². The normalized spacial score (nSPS) is 36.5. The van der Waals surface area contributed by atoms with Gasteiger partial charge in [0, 0.05) is 12.1 Å². The quantitative estimate of drug-likeness (QED) is 0.599. The zero-order valence-electron chi connectivity index (χ0n) is 14.6. The van der Waals surface area contributed by atoms with Gasteiger partial charge < -0.3 is 5.32 Å². The van der Waals surface area contributed by atoms with Crippen LogP contribution >= 0.6 is 0 Å². The molecule has 0 atom stereocenters. The highest BCUT2D eigenvalue weighted by molar-refractivity contribution is 6.45. The van der Waals surface area contributed by atoms with Crippen molar-refractivity contribution in [3.05, 3.63) is 0 Å². The van der Waals surface area contributed by atoms with Crippen molar-refractivity contribution in [3.8, 4) is 0 Å². The van der Waals surface area contributed by atoms with E-state index in [9.17, 15) is 19.2 Å². The molecule has 4 bridgehead atoms. The molecule has 5 fully saturated rings. The van der Waals surface area contributed by atoms with Crippen LogP contribution in [0.2, 0.25) is 0 Å². The molecule has 0 radical (unpaired) electrons. The van der Waals surface area contributed by atoms with Crippen molar-refractivity contribution < 1.29 is 19.2 Å². The van der Waals surface area contributed by atoms with Gasteiger partial charge in [-0.1, -0.05) is 6.92 Å². The number of imide groups is 2. The molecule has 5 aliphatic rings. The highest BCUT2D eigenvalue weighted by atomic mass is 16.2. The highest BCUT2D eigenvalue weighted by Crippen LogP contribution is 2.55. The fraction of sp³-hybridized carbons (Fsp3) is 0.778. The summed E-state index contributed by atoms with van der Waals surface area (Å²) in [6.07, 6.45) is 7.43. The Morgan fingerprint density at radius 1 is 1.00 bits per heavy atom. The Morgan fingerprint density at radius 3 is 2.04 bits per heavy atom. The molecule has 0 aromatic carbocycles. The van der Waals surface area contributed by atoms with Crippen molar-refractivity contribution in [2.75, 3.05) is 13.1 Å². The first-order valence-corrected chi connectivity index (χ1v) is 9.39. The molecule has 0 spiro atoms. The van der Waals surface area contributed by atoms with Gasteiger partial charge in [0.2, 0.25) is 5.91 Å².